The zero-order valence-electron chi connectivity index (χ0n) is 9.52. The van der Waals surface area contributed by atoms with Crippen molar-refractivity contribution in [3.8, 4) is 0 Å². The summed E-state index contributed by atoms with van der Waals surface area (Å²) in [5.41, 5.74) is 1.09. The van der Waals surface area contributed by atoms with E-state index in [-0.39, 0.29) is 6.10 Å². The number of carboxylic acids is 1. The molecule has 92 valence electrons. The van der Waals surface area contributed by atoms with Crippen LogP contribution in [0, 0.1) is 0 Å². The number of halogens is 1. The van der Waals surface area contributed by atoms with E-state index in [1.807, 2.05) is 6.07 Å². The summed E-state index contributed by atoms with van der Waals surface area (Å²) in [7, 11) is 1.69. The van der Waals surface area contributed by atoms with Crippen molar-refractivity contribution in [2.45, 2.75) is 12.5 Å². The van der Waals surface area contributed by atoms with E-state index in [1.165, 1.54) is 0 Å². The molecule has 1 aromatic carbocycles. The van der Waals surface area contributed by atoms with Crippen LogP contribution in [0.3, 0.4) is 0 Å². The largest absolute Gasteiger partial charge is 0.478 e. The number of methoxy groups -OCH3 is 1. The highest BCUT2D eigenvalue weighted by Gasteiger charge is 2.25. The molecule has 1 heterocycles. The summed E-state index contributed by atoms with van der Waals surface area (Å²) < 4.78 is 6.18. The van der Waals surface area contributed by atoms with Crippen LogP contribution in [-0.4, -0.2) is 37.4 Å². The molecule has 0 radical (unpaired) electrons. The average molecular weight is 300 g/mol. The highest BCUT2D eigenvalue weighted by Crippen LogP contribution is 2.28. The number of rotatable bonds is 3. The summed E-state index contributed by atoms with van der Waals surface area (Å²) >= 11 is 3.37. The van der Waals surface area contributed by atoms with Gasteiger partial charge in [0.2, 0.25) is 0 Å². The van der Waals surface area contributed by atoms with Crippen molar-refractivity contribution in [3.05, 3.63) is 28.2 Å². The van der Waals surface area contributed by atoms with Gasteiger partial charge in [-0.25, -0.2) is 4.79 Å². The monoisotopic (exact) mass is 299 g/mol. The van der Waals surface area contributed by atoms with Gasteiger partial charge in [0.25, 0.3) is 0 Å². The molecule has 1 atom stereocenters. The smallest absolute Gasteiger partial charge is 0.337 e. The molecule has 1 aliphatic heterocycles. The second-order valence-electron chi connectivity index (χ2n) is 4.06. The molecule has 1 saturated heterocycles. The Morgan fingerprint density at radius 3 is 2.94 bits per heavy atom. The summed E-state index contributed by atoms with van der Waals surface area (Å²) in [5, 5.41) is 9.17. The lowest BCUT2D eigenvalue weighted by Gasteiger charge is -2.20. The summed E-state index contributed by atoms with van der Waals surface area (Å²) in [5.74, 6) is -0.895. The molecule has 0 spiro atoms. The van der Waals surface area contributed by atoms with Crippen LogP contribution in [0.25, 0.3) is 0 Å². The van der Waals surface area contributed by atoms with Crippen LogP contribution in [0.4, 0.5) is 5.69 Å². The molecular weight excluding hydrogens is 286 g/mol. The number of ether oxygens (including phenoxy) is 1. The second kappa shape index (κ2) is 5.06. The first-order chi connectivity index (χ1) is 8.11. The Balaban J connectivity index is 2.31. The van der Waals surface area contributed by atoms with E-state index in [0.717, 1.165) is 29.7 Å². The Labute approximate surface area is 108 Å². The van der Waals surface area contributed by atoms with Crippen LogP contribution >= 0.6 is 15.9 Å². The number of benzene rings is 1. The van der Waals surface area contributed by atoms with Gasteiger partial charge in [-0.3, -0.25) is 0 Å². The Hall–Kier alpha value is -1.07. The van der Waals surface area contributed by atoms with Crippen LogP contribution < -0.4 is 4.90 Å². The highest BCUT2D eigenvalue weighted by molar-refractivity contribution is 9.10. The quantitative estimate of drug-likeness (QED) is 0.931. The topological polar surface area (TPSA) is 49.8 Å². The van der Waals surface area contributed by atoms with Crippen LogP contribution in [0.5, 0.6) is 0 Å². The third-order valence-corrected chi connectivity index (χ3v) is 3.50. The van der Waals surface area contributed by atoms with Gasteiger partial charge in [-0.1, -0.05) is 15.9 Å². The fourth-order valence-electron chi connectivity index (χ4n) is 2.09. The highest BCUT2D eigenvalue weighted by atomic mass is 79.9. The minimum absolute atomic E-state index is 0.190. The molecule has 1 unspecified atom stereocenters. The van der Waals surface area contributed by atoms with Crippen LogP contribution in [0.15, 0.2) is 22.7 Å². The van der Waals surface area contributed by atoms with Crippen molar-refractivity contribution in [3.63, 3.8) is 0 Å². The summed E-state index contributed by atoms with van der Waals surface area (Å²) in [6.45, 7) is 1.57. The third-order valence-electron chi connectivity index (χ3n) is 3.01. The number of aromatic carboxylic acids is 1. The van der Waals surface area contributed by atoms with E-state index in [9.17, 15) is 4.79 Å². The molecular formula is C12H14BrNO3. The SMILES string of the molecule is COC1CCN(c2cc(Br)ccc2C(=O)O)C1. The number of hydrogen-bond acceptors (Lipinski definition) is 3. The Kier molecular flexibility index (Phi) is 3.69. The first-order valence-corrected chi connectivity index (χ1v) is 6.21. The van der Waals surface area contributed by atoms with Gasteiger partial charge in [-0.2, -0.15) is 0 Å². The Morgan fingerprint density at radius 2 is 2.35 bits per heavy atom. The summed E-state index contributed by atoms with van der Waals surface area (Å²) in [6, 6.07) is 5.22. The first-order valence-electron chi connectivity index (χ1n) is 5.42. The van der Waals surface area contributed by atoms with E-state index in [4.69, 9.17) is 9.84 Å². The summed E-state index contributed by atoms with van der Waals surface area (Å²) in [4.78, 5) is 13.2. The van der Waals surface area contributed by atoms with Gasteiger partial charge >= 0.3 is 5.97 Å². The lowest BCUT2D eigenvalue weighted by molar-refractivity contribution is 0.0697. The minimum Gasteiger partial charge on any atom is -0.478 e. The van der Waals surface area contributed by atoms with Crippen molar-refractivity contribution >= 4 is 27.6 Å². The average Bonchev–Trinajstić information content (AvgIpc) is 2.76. The molecule has 5 heteroatoms. The van der Waals surface area contributed by atoms with Crippen molar-refractivity contribution in [2.75, 3.05) is 25.1 Å². The fourth-order valence-corrected chi connectivity index (χ4v) is 2.44. The van der Waals surface area contributed by atoms with Gasteiger partial charge in [0, 0.05) is 24.7 Å². The normalized spacial score (nSPS) is 19.6. The van der Waals surface area contributed by atoms with Crippen molar-refractivity contribution in [2.24, 2.45) is 0 Å². The van der Waals surface area contributed by atoms with Gasteiger partial charge in [-0.05, 0) is 24.6 Å². The fraction of sp³-hybridized carbons (Fsp3) is 0.417. The second-order valence-corrected chi connectivity index (χ2v) is 4.97. The maximum atomic E-state index is 11.2. The molecule has 1 N–H and O–H groups in total. The maximum Gasteiger partial charge on any atom is 0.337 e. The molecule has 0 bridgehead atoms. The molecule has 1 aromatic rings. The first kappa shape index (κ1) is 12.4. The predicted octanol–water partition coefficient (Wildman–Crippen LogP) is 2.37. The van der Waals surface area contributed by atoms with E-state index < -0.39 is 5.97 Å². The Morgan fingerprint density at radius 1 is 1.59 bits per heavy atom. The van der Waals surface area contributed by atoms with Crippen LogP contribution in [-0.2, 0) is 4.74 Å². The predicted molar refractivity (Wildman–Crippen MR) is 68.7 cm³/mol. The lowest BCUT2D eigenvalue weighted by atomic mass is 10.1. The number of nitrogens with zero attached hydrogens (tertiary/aromatic N) is 1. The standard InChI is InChI=1S/C12H14BrNO3/c1-17-9-4-5-14(7-9)11-6-8(13)2-3-10(11)12(15)16/h2-3,6,9H,4-5,7H2,1H3,(H,15,16). The van der Waals surface area contributed by atoms with E-state index in [0.29, 0.717) is 5.56 Å². The zero-order valence-corrected chi connectivity index (χ0v) is 11.1. The van der Waals surface area contributed by atoms with Gasteiger partial charge < -0.3 is 14.7 Å². The number of anilines is 1. The number of hydrogen-bond donors (Lipinski definition) is 1. The molecule has 2 rings (SSSR count). The molecule has 1 aliphatic rings. The van der Waals surface area contributed by atoms with Crippen molar-refractivity contribution in [1.82, 2.24) is 0 Å². The molecule has 0 aliphatic carbocycles. The van der Waals surface area contributed by atoms with Crippen LogP contribution in [0.2, 0.25) is 0 Å². The van der Waals surface area contributed by atoms with Gasteiger partial charge in [-0.15, -0.1) is 0 Å². The van der Waals surface area contributed by atoms with Gasteiger partial charge in [0.1, 0.15) is 0 Å². The molecule has 0 amide bonds. The minimum atomic E-state index is -0.895. The molecule has 17 heavy (non-hydrogen) atoms. The van der Waals surface area contributed by atoms with Gasteiger partial charge in [0.05, 0.1) is 17.4 Å². The lowest BCUT2D eigenvalue weighted by Crippen LogP contribution is -2.24. The maximum absolute atomic E-state index is 11.2. The molecule has 0 saturated carbocycles. The Bertz CT molecular complexity index is 436. The van der Waals surface area contributed by atoms with E-state index >= 15 is 0 Å². The summed E-state index contributed by atoms with van der Waals surface area (Å²) in [6.07, 6.45) is 1.12. The number of carbonyl (C=O) groups is 1. The zero-order chi connectivity index (χ0) is 12.4. The molecule has 4 nitrogen and oxygen atoms in total. The van der Waals surface area contributed by atoms with Crippen molar-refractivity contribution in [1.29, 1.82) is 0 Å². The van der Waals surface area contributed by atoms with E-state index in [1.54, 1.807) is 19.2 Å². The third kappa shape index (κ3) is 2.61. The van der Waals surface area contributed by atoms with Gasteiger partial charge in [0.15, 0.2) is 0 Å². The molecule has 1 fully saturated rings. The van der Waals surface area contributed by atoms with E-state index in [2.05, 4.69) is 20.8 Å². The van der Waals surface area contributed by atoms with Crippen molar-refractivity contribution < 1.29 is 14.6 Å². The molecule has 0 aromatic heterocycles. The number of carboxylic acid groups (broad SMARTS) is 1. The van der Waals surface area contributed by atoms with Crippen LogP contribution in [0.1, 0.15) is 16.8 Å².